The molecular formula is C24H30FIN6O. The Balaban J connectivity index is 0.00000306. The van der Waals surface area contributed by atoms with Gasteiger partial charge in [0.25, 0.3) is 0 Å². The lowest BCUT2D eigenvalue weighted by Gasteiger charge is -2.14. The Morgan fingerprint density at radius 1 is 1.18 bits per heavy atom. The van der Waals surface area contributed by atoms with Crippen molar-refractivity contribution in [2.24, 2.45) is 4.99 Å². The highest BCUT2D eigenvalue weighted by Crippen LogP contribution is 2.17. The fraction of sp³-hybridized carbons (Fsp3) is 0.375. The van der Waals surface area contributed by atoms with E-state index in [1.807, 2.05) is 44.2 Å². The Bertz CT molecular complexity index is 1070. The minimum absolute atomic E-state index is 0. The van der Waals surface area contributed by atoms with Crippen LogP contribution in [0.3, 0.4) is 0 Å². The lowest BCUT2D eigenvalue weighted by molar-refractivity contribution is 0.242. The number of guanidine groups is 1. The zero-order valence-corrected chi connectivity index (χ0v) is 21.3. The van der Waals surface area contributed by atoms with Crippen LogP contribution in [-0.4, -0.2) is 33.4 Å². The van der Waals surface area contributed by atoms with Gasteiger partial charge in [-0.25, -0.2) is 9.38 Å². The van der Waals surface area contributed by atoms with Gasteiger partial charge in [-0.05, 0) is 68.7 Å². The van der Waals surface area contributed by atoms with Crippen LogP contribution < -0.4 is 15.4 Å². The molecule has 2 aromatic carbocycles. The van der Waals surface area contributed by atoms with E-state index in [-0.39, 0.29) is 35.9 Å². The predicted molar refractivity (Wildman–Crippen MR) is 139 cm³/mol. The summed E-state index contributed by atoms with van der Waals surface area (Å²) in [6, 6.07) is 14.4. The maximum Gasteiger partial charge on any atom is 0.196 e. The number of nitrogens with one attached hydrogen (secondary N) is 2. The van der Waals surface area contributed by atoms with Crippen LogP contribution in [0.1, 0.15) is 37.5 Å². The summed E-state index contributed by atoms with van der Waals surface area (Å²) in [7, 11) is 0. The third-order valence-electron chi connectivity index (χ3n) is 5.15. The summed E-state index contributed by atoms with van der Waals surface area (Å²) in [5.74, 6) is 3.13. The lowest BCUT2D eigenvalue weighted by Crippen LogP contribution is -2.32. The number of ether oxygens (including phenoxy) is 1. The number of aryl methyl sites for hydroxylation is 1. The van der Waals surface area contributed by atoms with E-state index in [0.29, 0.717) is 25.5 Å². The highest BCUT2D eigenvalue weighted by molar-refractivity contribution is 14.0. The Labute approximate surface area is 210 Å². The third-order valence-corrected chi connectivity index (χ3v) is 5.15. The number of rotatable bonds is 8. The molecule has 2 heterocycles. The molecule has 0 bridgehead atoms. The van der Waals surface area contributed by atoms with Crippen LogP contribution in [0.15, 0.2) is 53.5 Å². The summed E-state index contributed by atoms with van der Waals surface area (Å²) >= 11 is 0. The van der Waals surface area contributed by atoms with Gasteiger partial charge in [-0.15, -0.1) is 34.2 Å². The summed E-state index contributed by atoms with van der Waals surface area (Å²) in [6.45, 7) is 5.99. The standard InChI is InChI=1S/C24H29FN6O.HI/c1-17(2)32-21-10-8-20(9-11-21)28-24(26-13-12-18-5-3-6-19(25)15-18)27-16-23-30-29-22-7-4-14-31(22)23;/h3,5-6,8-11,15,17H,4,7,12-14,16H2,1-2H3,(H2,26,27,28);1H. The lowest BCUT2D eigenvalue weighted by atomic mass is 10.1. The minimum atomic E-state index is -0.223. The van der Waals surface area contributed by atoms with Crippen molar-refractivity contribution in [3.63, 3.8) is 0 Å². The van der Waals surface area contributed by atoms with Gasteiger partial charge >= 0.3 is 0 Å². The smallest absolute Gasteiger partial charge is 0.196 e. The van der Waals surface area contributed by atoms with E-state index in [9.17, 15) is 4.39 Å². The van der Waals surface area contributed by atoms with Crippen LogP contribution in [0.4, 0.5) is 10.1 Å². The second-order valence-electron chi connectivity index (χ2n) is 8.08. The molecule has 0 amide bonds. The van der Waals surface area contributed by atoms with Gasteiger partial charge in [0.2, 0.25) is 0 Å². The first-order valence-electron chi connectivity index (χ1n) is 11.0. The number of hydrogen-bond donors (Lipinski definition) is 2. The van der Waals surface area contributed by atoms with Gasteiger partial charge in [0.15, 0.2) is 11.8 Å². The van der Waals surface area contributed by atoms with E-state index < -0.39 is 0 Å². The van der Waals surface area contributed by atoms with Gasteiger partial charge in [-0.2, -0.15) is 0 Å². The Morgan fingerprint density at radius 2 is 2.00 bits per heavy atom. The summed E-state index contributed by atoms with van der Waals surface area (Å²) in [4.78, 5) is 4.72. The second-order valence-corrected chi connectivity index (χ2v) is 8.08. The van der Waals surface area contributed by atoms with E-state index in [1.165, 1.54) is 6.07 Å². The molecule has 0 saturated heterocycles. The highest BCUT2D eigenvalue weighted by atomic mass is 127. The third kappa shape index (κ3) is 7.15. The zero-order chi connectivity index (χ0) is 22.3. The molecule has 2 N–H and O–H groups in total. The molecule has 9 heteroatoms. The van der Waals surface area contributed by atoms with Crippen molar-refractivity contribution in [1.82, 2.24) is 20.1 Å². The maximum atomic E-state index is 13.5. The fourth-order valence-electron chi connectivity index (χ4n) is 3.66. The normalized spacial score (nSPS) is 12.9. The molecule has 1 aliphatic rings. The van der Waals surface area contributed by atoms with Gasteiger partial charge in [-0.3, -0.25) is 0 Å². The van der Waals surface area contributed by atoms with Gasteiger partial charge in [0, 0.05) is 25.2 Å². The van der Waals surface area contributed by atoms with E-state index in [1.54, 1.807) is 12.1 Å². The monoisotopic (exact) mass is 564 g/mol. The molecule has 3 aromatic rings. The number of aromatic nitrogens is 3. The summed E-state index contributed by atoms with van der Waals surface area (Å²) in [5, 5.41) is 15.2. The number of anilines is 1. The summed E-state index contributed by atoms with van der Waals surface area (Å²) in [6.07, 6.45) is 2.88. The first-order chi connectivity index (χ1) is 15.6. The van der Waals surface area contributed by atoms with Crippen molar-refractivity contribution in [3.05, 3.63) is 71.6 Å². The molecule has 0 spiro atoms. The van der Waals surface area contributed by atoms with Crippen LogP contribution in [0.25, 0.3) is 0 Å². The van der Waals surface area contributed by atoms with Crippen LogP contribution in [0, 0.1) is 5.82 Å². The van der Waals surface area contributed by atoms with Crippen LogP contribution in [-0.2, 0) is 25.9 Å². The fourth-order valence-corrected chi connectivity index (χ4v) is 3.66. The van der Waals surface area contributed by atoms with Crippen molar-refractivity contribution in [1.29, 1.82) is 0 Å². The van der Waals surface area contributed by atoms with Crippen molar-refractivity contribution >= 4 is 35.6 Å². The first-order valence-corrected chi connectivity index (χ1v) is 11.0. The van der Waals surface area contributed by atoms with Crippen molar-refractivity contribution < 1.29 is 9.13 Å². The van der Waals surface area contributed by atoms with Crippen molar-refractivity contribution in [2.75, 3.05) is 11.9 Å². The largest absolute Gasteiger partial charge is 0.491 e. The van der Waals surface area contributed by atoms with Gasteiger partial charge in [0.05, 0.1) is 6.10 Å². The Kier molecular flexibility index (Phi) is 9.04. The minimum Gasteiger partial charge on any atom is -0.491 e. The van der Waals surface area contributed by atoms with E-state index >= 15 is 0 Å². The van der Waals surface area contributed by atoms with E-state index in [2.05, 4.69) is 25.4 Å². The van der Waals surface area contributed by atoms with Gasteiger partial charge < -0.3 is 19.9 Å². The second kappa shape index (κ2) is 12.0. The predicted octanol–water partition coefficient (Wildman–Crippen LogP) is 4.57. The molecule has 0 atom stereocenters. The Hall–Kier alpha value is -2.69. The van der Waals surface area contributed by atoms with Crippen molar-refractivity contribution in [3.8, 4) is 5.75 Å². The van der Waals surface area contributed by atoms with Crippen LogP contribution in [0.2, 0.25) is 0 Å². The van der Waals surface area contributed by atoms with Gasteiger partial charge in [0.1, 0.15) is 23.9 Å². The van der Waals surface area contributed by atoms with Crippen LogP contribution >= 0.6 is 24.0 Å². The molecule has 1 aromatic heterocycles. The molecule has 0 aliphatic carbocycles. The molecule has 0 saturated carbocycles. The number of fused-ring (bicyclic) bond motifs is 1. The van der Waals surface area contributed by atoms with Crippen molar-refractivity contribution in [2.45, 2.75) is 52.3 Å². The topological polar surface area (TPSA) is 76.4 Å². The molecular weight excluding hydrogens is 534 g/mol. The summed E-state index contributed by atoms with van der Waals surface area (Å²) < 4.78 is 21.3. The maximum absolute atomic E-state index is 13.5. The number of hydrogen-bond acceptors (Lipinski definition) is 4. The molecule has 4 rings (SSSR count). The molecule has 0 radical (unpaired) electrons. The number of nitrogens with zero attached hydrogens (tertiary/aromatic N) is 4. The van der Waals surface area contributed by atoms with Gasteiger partial charge in [-0.1, -0.05) is 12.1 Å². The number of aliphatic imine (C=N–C) groups is 1. The average Bonchev–Trinajstić information content (AvgIpc) is 3.37. The molecule has 0 fully saturated rings. The van der Waals surface area contributed by atoms with E-state index in [0.717, 1.165) is 48.0 Å². The average molecular weight is 564 g/mol. The summed E-state index contributed by atoms with van der Waals surface area (Å²) in [5.41, 5.74) is 1.83. The molecule has 176 valence electrons. The number of benzene rings is 2. The quantitative estimate of drug-likeness (QED) is 0.238. The molecule has 33 heavy (non-hydrogen) atoms. The Morgan fingerprint density at radius 3 is 2.76 bits per heavy atom. The zero-order valence-electron chi connectivity index (χ0n) is 18.9. The van der Waals surface area contributed by atoms with Crippen LogP contribution in [0.5, 0.6) is 5.75 Å². The molecule has 1 aliphatic heterocycles. The SMILES string of the molecule is CC(C)Oc1ccc(NC(=NCc2nnc3n2CCC3)NCCc2cccc(F)c2)cc1.I. The first kappa shape index (κ1) is 24.9. The highest BCUT2D eigenvalue weighted by Gasteiger charge is 2.16. The number of halogens is 2. The van der Waals surface area contributed by atoms with E-state index in [4.69, 9.17) is 9.73 Å². The molecule has 0 unspecified atom stereocenters. The molecule has 7 nitrogen and oxygen atoms in total.